The largest absolute Gasteiger partial charge is 0.497 e. The highest BCUT2D eigenvalue weighted by Crippen LogP contribution is 2.22. The second kappa shape index (κ2) is 6.73. The lowest BCUT2D eigenvalue weighted by Gasteiger charge is -2.08. The first kappa shape index (κ1) is 12.4. The van der Waals surface area contributed by atoms with Crippen LogP contribution in [0.5, 0.6) is 11.5 Å². The van der Waals surface area contributed by atoms with E-state index in [1.807, 2.05) is 0 Å². The van der Waals surface area contributed by atoms with Gasteiger partial charge < -0.3 is 9.47 Å². The van der Waals surface area contributed by atoms with Crippen molar-refractivity contribution in [2.45, 2.75) is 26.2 Å². The van der Waals surface area contributed by atoms with E-state index in [1.54, 1.807) is 25.3 Å². The van der Waals surface area contributed by atoms with Gasteiger partial charge in [0.25, 0.3) is 0 Å². The van der Waals surface area contributed by atoms with Crippen molar-refractivity contribution in [3.63, 3.8) is 0 Å². The molecule has 0 bridgehead atoms. The lowest BCUT2D eigenvalue weighted by atomic mass is 10.2. The third kappa shape index (κ3) is 3.82. The van der Waals surface area contributed by atoms with Gasteiger partial charge in [-0.1, -0.05) is 19.8 Å². The predicted molar refractivity (Wildman–Crippen MR) is 62.7 cm³/mol. The Labute approximate surface area is 96.6 Å². The summed E-state index contributed by atoms with van der Waals surface area (Å²) < 4.78 is 10.7. The minimum absolute atomic E-state index is 0.560. The van der Waals surface area contributed by atoms with Crippen molar-refractivity contribution in [3.8, 4) is 17.6 Å². The minimum atomic E-state index is 0.560. The fourth-order valence-electron chi connectivity index (χ4n) is 1.38. The second-order valence-corrected chi connectivity index (χ2v) is 3.56. The zero-order valence-electron chi connectivity index (χ0n) is 9.82. The molecule has 0 unspecified atom stereocenters. The third-order valence-corrected chi connectivity index (χ3v) is 2.26. The van der Waals surface area contributed by atoms with Crippen molar-refractivity contribution in [2.24, 2.45) is 0 Å². The normalized spacial score (nSPS) is 9.56. The molecule has 0 saturated heterocycles. The summed E-state index contributed by atoms with van der Waals surface area (Å²) in [5, 5.41) is 8.83. The Morgan fingerprint density at radius 3 is 2.56 bits per heavy atom. The van der Waals surface area contributed by atoms with Crippen LogP contribution in [0.2, 0.25) is 0 Å². The molecule has 86 valence electrons. The first-order valence-electron chi connectivity index (χ1n) is 5.52. The third-order valence-electron chi connectivity index (χ3n) is 2.26. The molecule has 0 atom stereocenters. The van der Waals surface area contributed by atoms with Crippen LogP contribution < -0.4 is 9.47 Å². The Kier molecular flexibility index (Phi) is 5.21. The summed E-state index contributed by atoms with van der Waals surface area (Å²) in [6.45, 7) is 2.84. The highest BCUT2D eigenvalue weighted by atomic mass is 16.5. The van der Waals surface area contributed by atoms with Crippen molar-refractivity contribution in [1.29, 1.82) is 5.26 Å². The zero-order chi connectivity index (χ0) is 11.8. The highest BCUT2D eigenvalue weighted by Gasteiger charge is 2.01. The first-order valence-corrected chi connectivity index (χ1v) is 5.52. The Morgan fingerprint density at radius 1 is 1.19 bits per heavy atom. The van der Waals surface area contributed by atoms with E-state index in [1.165, 1.54) is 6.42 Å². The van der Waals surface area contributed by atoms with E-state index in [-0.39, 0.29) is 0 Å². The smallest absolute Gasteiger partial charge is 0.124 e. The molecule has 0 spiro atoms. The van der Waals surface area contributed by atoms with Crippen molar-refractivity contribution in [2.75, 3.05) is 13.7 Å². The van der Waals surface area contributed by atoms with Gasteiger partial charge in [-0.15, -0.1) is 0 Å². The molecule has 1 rings (SSSR count). The number of rotatable bonds is 6. The number of ether oxygens (including phenoxy) is 2. The van der Waals surface area contributed by atoms with E-state index in [0.29, 0.717) is 23.7 Å². The molecular formula is C13H17NO2. The van der Waals surface area contributed by atoms with Crippen LogP contribution in [0.3, 0.4) is 0 Å². The van der Waals surface area contributed by atoms with E-state index in [9.17, 15) is 0 Å². The van der Waals surface area contributed by atoms with Gasteiger partial charge in [0.1, 0.15) is 11.5 Å². The Bertz CT molecular complexity index is 369. The molecule has 0 aliphatic heterocycles. The number of benzene rings is 1. The number of methoxy groups -OCH3 is 1. The standard InChI is InChI=1S/C13H17NO2/c1-3-4-5-6-16-13-8-11(10-14)7-12(9-13)15-2/h7-9H,3-6H2,1-2H3. The molecule has 0 aromatic heterocycles. The Hall–Kier alpha value is -1.69. The van der Waals surface area contributed by atoms with E-state index in [4.69, 9.17) is 14.7 Å². The molecule has 0 amide bonds. The summed E-state index contributed by atoms with van der Waals surface area (Å²) in [6.07, 6.45) is 3.37. The summed E-state index contributed by atoms with van der Waals surface area (Å²) >= 11 is 0. The number of unbranched alkanes of at least 4 members (excludes halogenated alkanes) is 2. The minimum Gasteiger partial charge on any atom is -0.497 e. The van der Waals surface area contributed by atoms with Gasteiger partial charge in [-0.2, -0.15) is 5.26 Å². The van der Waals surface area contributed by atoms with E-state index >= 15 is 0 Å². The van der Waals surface area contributed by atoms with E-state index < -0.39 is 0 Å². The van der Waals surface area contributed by atoms with Crippen molar-refractivity contribution >= 4 is 0 Å². The van der Waals surface area contributed by atoms with Gasteiger partial charge in [-0.25, -0.2) is 0 Å². The van der Waals surface area contributed by atoms with Crippen LogP contribution in [0, 0.1) is 11.3 Å². The van der Waals surface area contributed by atoms with E-state index in [2.05, 4.69) is 13.0 Å². The molecule has 0 aliphatic rings. The van der Waals surface area contributed by atoms with Gasteiger partial charge >= 0.3 is 0 Å². The highest BCUT2D eigenvalue weighted by molar-refractivity contribution is 5.43. The van der Waals surface area contributed by atoms with Gasteiger partial charge in [0.05, 0.1) is 25.3 Å². The topological polar surface area (TPSA) is 42.2 Å². The first-order chi connectivity index (χ1) is 7.80. The average Bonchev–Trinajstić information content (AvgIpc) is 2.34. The summed E-state index contributed by atoms with van der Waals surface area (Å²) in [5.74, 6) is 1.36. The van der Waals surface area contributed by atoms with Gasteiger partial charge in [-0.05, 0) is 18.6 Å². The number of nitrogens with zero attached hydrogens (tertiary/aromatic N) is 1. The average molecular weight is 219 g/mol. The molecule has 0 radical (unpaired) electrons. The molecule has 0 N–H and O–H groups in total. The number of hydrogen-bond donors (Lipinski definition) is 0. The van der Waals surface area contributed by atoms with Gasteiger partial charge in [0, 0.05) is 6.07 Å². The van der Waals surface area contributed by atoms with Crippen molar-refractivity contribution < 1.29 is 9.47 Å². The summed E-state index contributed by atoms with van der Waals surface area (Å²) in [4.78, 5) is 0. The Morgan fingerprint density at radius 2 is 1.94 bits per heavy atom. The zero-order valence-corrected chi connectivity index (χ0v) is 9.82. The van der Waals surface area contributed by atoms with Gasteiger partial charge in [0.15, 0.2) is 0 Å². The molecule has 0 saturated carbocycles. The molecule has 0 heterocycles. The molecule has 3 heteroatoms. The van der Waals surface area contributed by atoms with Crippen LogP contribution in [-0.2, 0) is 0 Å². The maximum atomic E-state index is 8.83. The second-order valence-electron chi connectivity index (χ2n) is 3.56. The number of nitriles is 1. The Balaban J connectivity index is 2.61. The van der Waals surface area contributed by atoms with Crippen LogP contribution in [0.1, 0.15) is 31.7 Å². The van der Waals surface area contributed by atoms with Crippen LogP contribution in [0.4, 0.5) is 0 Å². The lowest BCUT2D eigenvalue weighted by molar-refractivity contribution is 0.304. The predicted octanol–water partition coefficient (Wildman–Crippen LogP) is 3.14. The fourth-order valence-corrected chi connectivity index (χ4v) is 1.38. The maximum absolute atomic E-state index is 8.83. The fraction of sp³-hybridized carbons (Fsp3) is 0.462. The SMILES string of the molecule is CCCCCOc1cc(C#N)cc(OC)c1. The maximum Gasteiger partial charge on any atom is 0.124 e. The van der Waals surface area contributed by atoms with Crippen molar-refractivity contribution in [1.82, 2.24) is 0 Å². The molecule has 0 aliphatic carbocycles. The lowest BCUT2D eigenvalue weighted by Crippen LogP contribution is -1.98. The summed E-state index contributed by atoms with van der Waals surface area (Å²) in [7, 11) is 1.58. The summed E-state index contributed by atoms with van der Waals surface area (Å²) in [6, 6.07) is 7.31. The molecule has 3 nitrogen and oxygen atoms in total. The molecular weight excluding hydrogens is 202 g/mol. The molecule has 1 aromatic rings. The molecule has 1 aromatic carbocycles. The monoisotopic (exact) mass is 219 g/mol. The summed E-state index contributed by atoms with van der Waals surface area (Å²) in [5.41, 5.74) is 0.560. The molecule has 0 fully saturated rings. The van der Waals surface area contributed by atoms with Gasteiger partial charge in [-0.3, -0.25) is 0 Å². The van der Waals surface area contributed by atoms with Crippen LogP contribution in [0.25, 0.3) is 0 Å². The van der Waals surface area contributed by atoms with Crippen LogP contribution in [0.15, 0.2) is 18.2 Å². The quantitative estimate of drug-likeness (QED) is 0.690. The number of hydrogen-bond acceptors (Lipinski definition) is 3. The van der Waals surface area contributed by atoms with Gasteiger partial charge in [0.2, 0.25) is 0 Å². The van der Waals surface area contributed by atoms with Crippen LogP contribution >= 0.6 is 0 Å². The van der Waals surface area contributed by atoms with E-state index in [0.717, 1.165) is 12.8 Å². The van der Waals surface area contributed by atoms with Crippen LogP contribution in [-0.4, -0.2) is 13.7 Å². The van der Waals surface area contributed by atoms with Crippen molar-refractivity contribution in [3.05, 3.63) is 23.8 Å². The molecule has 16 heavy (non-hydrogen) atoms.